The zero-order chi connectivity index (χ0) is 18.2. The normalized spacial score (nSPS) is 20.4. The Bertz CT molecular complexity index is 624. The highest BCUT2D eigenvalue weighted by atomic mass is 127. The first kappa shape index (κ1) is 22.0. The molecular weight excluding hydrogens is 455 g/mol. The molecule has 2 heterocycles. The van der Waals surface area contributed by atoms with Crippen molar-refractivity contribution in [1.29, 1.82) is 0 Å². The molecule has 1 fully saturated rings. The van der Waals surface area contributed by atoms with E-state index >= 15 is 0 Å². The highest BCUT2D eigenvalue weighted by Crippen LogP contribution is 2.18. The number of ether oxygens (including phenoxy) is 2. The lowest BCUT2D eigenvalue weighted by Crippen LogP contribution is -2.44. The van der Waals surface area contributed by atoms with Crippen LogP contribution in [0.5, 0.6) is 0 Å². The maximum atomic E-state index is 5.86. The number of nitrogens with one attached hydrogen (secondary N) is 2. The number of nitrogens with zero attached hydrogens (tertiary/aromatic N) is 2. The Labute approximate surface area is 179 Å². The highest BCUT2D eigenvalue weighted by Gasteiger charge is 2.17. The fourth-order valence-electron chi connectivity index (χ4n) is 3.13. The van der Waals surface area contributed by atoms with Gasteiger partial charge in [-0.3, -0.25) is 4.99 Å². The maximum Gasteiger partial charge on any atom is 0.191 e. The number of halogens is 1. The van der Waals surface area contributed by atoms with Crippen molar-refractivity contribution in [3.05, 3.63) is 42.0 Å². The summed E-state index contributed by atoms with van der Waals surface area (Å²) in [6, 6.07) is 8.83. The van der Waals surface area contributed by atoms with Crippen molar-refractivity contribution in [3.63, 3.8) is 0 Å². The van der Waals surface area contributed by atoms with Gasteiger partial charge in [0.25, 0.3) is 0 Å². The summed E-state index contributed by atoms with van der Waals surface area (Å²) in [5, 5.41) is 6.77. The molecule has 2 aliphatic heterocycles. The molecule has 0 aromatic heterocycles. The molecule has 2 atom stereocenters. The molecule has 2 unspecified atom stereocenters. The Kier molecular flexibility index (Phi) is 9.36. The number of hydrogen-bond donors (Lipinski definition) is 2. The predicted octanol–water partition coefficient (Wildman–Crippen LogP) is 2.54. The molecule has 1 aromatic rings. The van der Waals surface area contributed by atoms with Crippen LogP contribution < -0.4 is 15.5 Å². The average molecular weight is 486 g/mol. The zero-order valence-corrected chi connectivity index (χ0v) is 18.5. The first-order valence-corrected chi connectivity index (χ1v) is 9.40. The summed E-state index contributed by atoms with van der Waals surface area (Å²) in [5.41, 5.74) is 2.50. The molecule has 3 rings (SSSR count). The van der Waals surface area contributed by atoms with E-state index in [0.29, 0.717) is 13.2 Å². The largest absolute Gasteiger partial charge is 0.379 e. The second-order valence-electron chi connectivity index (χ2n) is 6.84. The fraction of sp³-hybridized carbons (Fsp3) is 0.550. The van der Waals surface area contributed by atoms with E-state index in [-0.39, 0.29) is 36.1 Å². The molecule has 2 N–H and O–H groups in total. The molecule has 7 heteroatoms. The minimum absolute atomic E-state index is 0. The molecule has 0 bridgehead atoms. The number of benzene rings is 1. The predicted molar refractivity (Wildman–Crippen MR) is 121 cm³/mol. The van der Waals surface area contributed by atoms with E-state index in [9.17, 15) is 0 Å². The minimum Gasteiger partial charge on any atom is -0.379 e. The van der Waals surface area contributed by atoms with Crippen molar-refractivity contribution < 1.29 is 9.47 Å². The van der Waals surface area contributed by atoms with Gasteiger partial charge in [-0.25, -0.2) is 0 Å². The molecule has 1 aromatic carbocycles. The van der Waals surface area contributed by atoms with Crippen molar-refractivity contribution in [3.8, 4) is 0 Å². The fourth-order valence-corrected chi connectivity index (χ4v) is 3.13. The SMILES string of the molecule is CN=C(NCc1cccc(N2CC=CC2)c1)NC(C)COC1CCOC1.I. The Morgan fingerprint density at radius 3 is 2.89 bits per heavy atom. The van der Waals surface area contributed by atoms with Crippen LogP contribution in [-0.4, -0.2) is 58.1 Å². The van der Waals surface area contributed by atoms with Gasteiger partial charge >= 0.3 is 0 Å². The number of anilines is 1. The zero-order valence-electron chi connectivity index (χ0n) is 16.2. The molecule has 150 valence electrons. The van der Waals surface area contributed by atoms with Gasteiger partial charge in [-0.05, 0) is 31.0 Å². The van der Waals surface area contributed by atoms with Crippen LogP contribution in [0.3, 0.4) is 0 Å². The molecular formula is C20H31IN4O2. The van der Waals surface area contributed by atoms with Crippen LogP contribution in [0.15, 0.2) is 41.4 Å². The minimum atomic E-state index is 0. The van der Waals surface area contributed by atoms with Gasteiger partial charge in [0.2, 0.25) is 0 Å². The van der Waals surface area contributed by atoms with Crippen molar-refractivity contribution in [2.24, 2.45) is 4.99 Å². The lowest BCUT2D eigenvalue weighted by Gasteiger charge is -2.21. The van der Waals surface area contributed by atoms with E-state index in [1.807, 2.05) is 0 Å². The van der Waals surface area contributed by atoms with E-state index < -0.39 is 0 Å². The van der Waals surface area contributed by atoms with E-state index in [1.54, 1.807) is 7.05 Å². The lowest BCUT2D eigenvalue weighted by molar-refractivity contribution is 0.0347. The van der Waals surface area contributed by atoms with Gasteiger partial charge in [-0.2, -0.15) is 0 Å². The quantitative estimate of drug-likeness (QED) is 0.269. The standard InChI is InChI=1S/C20H30N4O2.HI/c1-16(14-26-19-8-11-25-15-19)23-20(21-2)22-13-17-6-5-7-18(12-17)24-9-3-4-10-24;/h3-7,12,16,19H,8-11,13-15H2,1-2H3,(H2,21,22,23);1H. The third-order valence-electron chi connectivity index (χ3n) is 4.63. The van der Waals surface area contributed by atoms with Crippen LogP contribution in [0.2, 0.25) is 0 Å². The smallest absolute Gasteiger partial charge is 0.191 e. The van der Waals surface area contributed by atoms with E-state index in [0.717, 1.165) is 38.6 Å². The number of hydrogen-bond acceptors (Lipinski definition) is 4. The second kappa shape index (κ2) is 11.5. The van der Waals surface area contributed by atoms with Gasteiger partial charge in [0.05, 0.1) is 19.3 Å². The molecule has 6 nitrogen and oxygen atoms in total. The molecule has 0 radical (unpaired) electrons. The first-order chi connectivity index (χ1) is 12.7. The van der Waals surface area contributed by atoms with Crippen LogP contribution in [0, 0.1) is 0 Å². The first-order valence-electron chi connectivity index (χ1n) is 9.40. The molecule has 0 spiro atoms. The summed E-state index contributed by atoms with van der Waals surface area (Å²) in [7, 11) is 1.79. The Balaban J connectivity index is 0.00000261. The van der Waals surface area contributed by atoms with E-state index in [1.165, 1.54) is 11.3 Å². The van der Waals surface area contributed by atoms with Crippen molar-refractivity contribution in [2.45, 2.75) is 32.0 Å². The molecule has 27 heavy (non-hydrogen) atoms. The molecule has 0 aliphatic carbocycles. The molecule has 2 aliphatic rings. The monoisotopic (exact) mass is 486 g/mol. The summed E-state index contributed by atoms with van der Waals surface area (Å²) in [6.07, 6.45) is 5.63. The van der Waals surface area contributed by atoms with Crippen molar-refractivity contribution in [2.75, 3.05) is 44.9 Å². The number of aliphatic imine (C=N–C) groups is 1. The Hall–Kier alpha value is -1.32. The molecule has 0 saturated carbocycles. The average Bonchev–Trinajstić information content (AvgIpc) is 3.37. The number of rotatable bonds is 7. The summed E-state index contributed by atoms with van der Waals surface area (Å²) in [6.45, 7) is 6.98. The molecule has 1 saturated heterocycles. The van der Waals surface area contributed by atoms with Gasteiger partial charge in [-0.15, -0.1) is 24.0 Å². The van der Waals surface area contributed by atoms with Crippen LogP contribution >= 0.6 is 24.0 Å². The van der Waals surface area contributed by atoms with Gasteiger partial charge in [0.1, 0.15) is 0 Å². The van der Waals surface area contributed by atoms with E-state index in [4.69, 9.17) is 9.47 Å². The van der Waals surface area contributed by atoms with Gasteiger partial charge in [0, 0.05) is 45.0 Å². The van der Waals surface area contributed by atoms with Gasteiger partial charge in [0.15, 0.2) is 5.96 Å². The van der Waals surface area contributed by atoms with Gasteiger partial charge < -0.3 is 25.0 Å². The maximum absolute atomic E-state index is 5.86. The molecule has 0 amide bonds. The summed E-state index contributed by atoms with van der Waals surface area (Å²) in [5.74, 6) is 0.789. The highest BCUT2D eigenvalue weighted by molar-refractivity contribution is 14.0. The summed E-state index contributed by atoms with van der Waals surface area (Å²) >= 11 is 0. The van der Waals surface area contributed by atoms with Crippen LogP contribution in [-0.2, 0) is 16.0 Å². The van der Waals surface area contributed by atoms with Crippen LogP contribution in [0.1, 0.15) is 18.9 Å². The van der Waals surface area contributed by atoms with Gasteiger partial charge in [-0.1, -0.05) is 24.3 Å². The summed E-state index contributed by atoms with van der Waals surface area (Å²) < 4.78 is 11.2. The Morgan fingerprint density at radius 2 is 2.19 bits per heavy atom. The third-order valence-corrected chi connectivity index (χ3v) is 4.63. The lowest BCUT2D eigenvalue weighted by atomic mass is 10.2. The third kappa shape index (κ3) is 6.97. The number of guanidine groups is 1. The van der Waals surface area contributed by atoms with Crippen LogP contribution in [0.25, 0.3) is 0 Å². The summed E-state index contributed by atoms with van der Waals surface area (Å²) in [4.78, 5) is 6.67. The Morgan fingerprint density at radius 1 is 1.37 bits per heavy atom. The topological polar surface area (TPSA) is 58.1 Å². The van der Waals surface area contributed by atoms with E-state index in [2.05, 4.69) is 63.9 Å². The van der Waals surface area contributed by atoms with Crippen molar-refractivity contribution >= 4 is 35.6 Å². The van der Waals surface area contributed by atoms with Crippen LogP contribution in [0.4, 0.5) is 5.69 Å². The van der Waals surface area contributed by atoms with Crippen molar-refractivity contribution in [1.82, 2.24) is 10.6 Å². The second-order valence-corrected chi connectivity index (χ2v) is 6.84.